The van der Waals surface area contributed by atoms with Crippen LogP contribution < -0.4 is 9.47 Å². The molecule has 0 fully saturated rings. The molecule has 3 rings (SSSR count). The zero-order valence-electron chi connectivity index (χ0n) is 18.4. The fourth-order valence-corrected chi connectivity index (χ4v) is 3.46. The summed E-state index contributed by atoms with van der Waals surface area (Å²) in [5.41, 5.74) is 3.07. The van der Waals surface area contributed by atoms with E-state index in [4.69, 9.17) is 9.47 Å². The molecule has 6 nitrogen and oxygen atoms in total. The average Bonchev–Trinajstić information content (AvgIpc) is 2.81. The first-order valence-corrected chi connectivity index (χ1v) is 10.4. The number of nitro groups is 1. The second-order valence-electron chi connectivity index (χ2n) is 7.36. The predicted octanol–water partition coefficient (Wildman–Crippen LogP) is 6.34. The average molecular weight is 446 g/mol. The van der Waals surface area contributed by atoms with Gasteiger partial charge in [-0.15, -0.1) is 0 Å². The molecule has 33 heavy (non-hydrogen) atoms. The first-order chi connectivity index (χ1) is 15.9. The smallest absolute Gasteiger partial charge is 0.269 e. The second kappa shape index (κ2) is 10.9. The Balaban J connectivity index is 1.96. The van der Waals surface area contributed by atoms with Crippen LogP contribution in [0, 0.1) is 27.3 Å². The van der Waals surface area contributed by atoms with Crippen LogP contribution in [0.1, 0.15) is 35.6 Å². The number of methoxy groups -OCH3 is 1. The summed E-state index contributed by atoms with van der Waals surface area (Å²) in [5.74, 6) is 0.615. The van der Waals surface area contributed by atoms with Crippen molar-refractivity contribution < 1.29 is 18.8 Å². The van der Waals surface area contributed by atoms with Crippen LogP contribution in [0.5, 0.6) is 11.5 Å². The van der Waals surface area contributed by atoms with Crippen molar-refractivity contribution in [3.8, 4) is 17.6 Å². The molecule has 7 heteroatoms. The SMILES string of the molecule is CCCc1cc(/C=C(\C#N)c2cccc(F)c2)cc(OC)c1OCc1cccc([N+](=O)[O-])c1. The topological polar surface area (TPSA) is 85.4 Å². The fourth-order valence-electron chi connectivity index (χ4n) is 3.46. The molecule has 0 amide bonds. The van der Waals surface area contributed by atoms with E-state index in [2.05, 4.69) is 6.07 Å². The Morgan fingerprint density at radius 1 is 1.18 bits per heavy atom. The Morgan fingerprint density at radius 2 is 1.97 bits per heavy atom. The van der Waals surface area contributed by atoms with Gasteiger partial charge in [0.25, 0.3) is 5.69 Å². The molecule has 3 aromatic rings. The molecule has 3 aromatic carbocycles. The van der Waals surface area contributed by atoms with Crippen LogP contribution in [-0.2, 0) is 13.0 Å². The lowest BCUT2D eigenvalue weighted by molar-refractivity contribution is -0.384. The molecule has 0 N–H and O–H groups in total. The van der Waals surface area contributed by atoms with Gasteiger partial charge in [0.2, 0.25) is 0 Å². The standard InChI is InChI=1S/C26H23FN2O4/c1-3-6-21-11-19(12-22(16-28)20-8-5-9-23(27)15-20)14-25(32-2)26(21)33-17-18-7-4-10-24(13-18)29(30)31/h4-5,7-15H,3,6,17H2,1-2H3/b22-12+. The molecule has 0 radical (unpaired) electrons. The van der Waals surface area contributed by atoms with Gasteiger partial charge in [-0.3, -0.25) is 10.1 Å². The number of ether oxygens (including phenoxy) is 2. The zero-order chi connectivity index (χ0) is 23.8. The van der Waals surface area contributed by atoms with Crippen molar-refractivity contribution in [2.45, 2.75) is 26.4 Å². The molecular weight excluding hydrogens is 423 g/mol. The number of non-ortho nitro benzene ring substituents is 1. The molecule has 0 unspecified atom stereocenters. The number of nitro benzene ring substituents is 1. The highest BCUT2D eigenvalue weighted by Gasteiger charge is 2.15. The lowest BCUT2D eigenvalue weighted by Crippen LogP contribution is -2.02. The summed E-state index contributed by atoms with van der Waals surface area (Å²) >= 11 is 0. The first-order valence-electron chi connectivity index (χ1n) is 10.4. The van der Waals surface area contributed by atoms with Crippen LogP contribution in [0.15, 0.2) is 60.7 Å². The Hall–Kier alpha value is -4.18. The molecule has 0 aliphatic carbocycles. The number of hydrogen-bond acceptors (Lipinski definition) is 5. The van der Waals surface area contributed by atoms with E-state index in [1.165, 1.54) is 31.4 Å². The van der Waals surface area contributed by atoms with Crippen molar-refractivity contribution in [1.82, 2.24) is 0 Å². The van der Waals surface area contributed by atoms with Crippen molar-refractivity contribution in [2.75, 3.05) is 7.11 Å². The van der Waals surface area contributed by atoms with Gasteiger partial charge in [-0.2, -0.15) is 5.26 Å². The summed E-state index contributed by atoms with van der Waals surface area (Å²) in [6.07, 6.45) is 3.23. The number of nitrogens with zero attached hydrogens (tertiary/aromatic N) is 2. The molecule has 0 saturated carbocycles. The molecule has 0 spiro atoms. The number of halogens is 1. The molecule has 0 heterocycles. The quantitative estimate of drug-likeness (QED) is 0.166. The van der Waals surface area contributed by atoms with Gasteiger partial charge in [-0.05, 0) is 59.0 Å². The monoisotopic (exact) mass is 446 g/mol. The fraction of sp³-hybridized carbons (Fsp3) is 0.192. The highest BCUT2D eigenvalue weighted by Crippen LogP contribution is 2.36. The number of rotatable bonds is 9. The third kappa shape index (κ3) is 5.95. The minimum absolute atomic E-state index is 0.00119. The Kier molecular flexibility index (Phi) is 7.77. The van der Waals surface area contributed by atoms with Gasteiger partial charge < -0.3 is 9.47 Å². The normalized spacial score (nSPS) is 11.0. The van der Waals surface area contributed by atoms with Crippen molar-refractivity contribution in [1.29, 1.82) is 5.26 Å². The van der Waals surface area contributed by atoms with Crippen LogP contribution in [-0.4, -0.2) is 12.0 Å². The zero-order valence-corrected chi connectivity index (χ0v) is 18.4. The van der Waals surface area contributed by atoms with Gasteiger partial charge in [0.1, 0.15) is 12.4 Å². The number of allylic oxidation sites excluding steroid dienone is 1. The van der Waals surface area contributed by atoms with Crippen molar-refractivity contribution in [2.24, 2.45) is 0 Å². The van der Waals surface area contributed by atoms with Crippen molar-refractivity contribution >= 4 is 17.3 Å². The van der Waals surface area contributed by atoms with Crippen LogP contribution >= 0.6 is 0 Å². The van der Waals surface area contributed by atoms with Crippen LogP contribution in [0.4, 0.5) is 10.1 Å². The van der Waals surface area contributed by atoms with E-state index in [1.54, 1.807) is 36.4 Å². The Bertz CT molecular complexity index is 1230. The van der Waals surface area contributed by atoms with Gasteiger partial charge in [0.15, 0.2) is 11.5 Å². The summed E-state index contributed by atoms with van der Waals surface area (Å²) in [6.45, 7) is 2.17. The van der Waals surface area contributed by atoms with Gasteiger partial charge in [-0.1, -0.05) is 37.6 Å². The molecule has 0 aliphatic heterocycles. The molecule has 0 aliphatic rings. The van der Waals surface area contributed by atoms with Crippen LogP contribution in [0.2, 0.25) is 0 Å². The maximum Gasteiger partial charge on any atom is 0.269 e. The molecule has 0 saturated heterocycles. The second-order valence-corrected chi connectivity index (χ2v) is 7.36. The summed E-state index contributed by atoms with van der Waals surface area (Å²) in [7, 11) is 1.52. The third-order valence-corrected chi connectivity index (χ3v) is 4.96. The maximum atomic E-state index is 13.6. The minimum Gasteiger partial charge on any atom is -0.493 e. The Labute approximate surface area is 191 Å². The summed E-state index contributed by atoms with van der Waals surface area (Å²) in [6, 6.07) is 17.9. The van der Waals surface area contributed by atoms with E-state index < -0.39 is 10.7 Å². The number of benzene rings is 3. The molecule has 0 atom stereocenters. The number of nitriles is 1. The van der Waals surface area contributed by atoms with Crippen molar-refractivity contribution in [3.63, 3.8) is 0 Å². The Morgan fingerprint density at radius 3 is 2.64 bits per heavy atom. The van der Waals surface area contributed by atoms with E-state index in [9.17, 15) is 19.8 Å². The summed E-state index contributed by atoms with van der Waals surface area (Å²) < 4.78 is 25.2. The lowest BCUT2D eigenvalue weighted by Gasteiger charge is -2.16. The van der Waals surface area contributed by atoms with Crippen molar-refractivity contribution in [3.05, 3.63) is 98.8 Å². The van der Waals surface area contributed by atoms with Gasteiger partial charge in [-0.25, -0.2) is 4.39 Å². The minimum atomic E-state index is -0.445. The lowest BCUT2D eigenvalue weighted by atomic mass is 10.00. The molecule has 0 bridgehead atoms. The van der Waals surface area contributed by atoms with E-state index >= 15 is 0 Å². The van der Waals surface area contributed by atoms with Gasteiger partial charge in [0.05, 0.1) is 23.7 Å². The number of hydrogen-bond donors (Lipinski definition) is 0. The van der Waals surface area contributed by atoms with Gasteiger partial charge >= 0.3 is 0 Å². The molecule has 168 valence electrons. The van der Waals surface area contributed by atoms with E-state index in [-0.39, 0.29) is 12.3 Å². The third-order valence-electron chi connectivity index (χ3n) is 4.96. The van der Waals surface area contributed by atoms with Crippen LogP contribution in [0.25, 0.3) is 11.6 Å². The van der Waals surface area contributed by atoms with Crippen LogP contribution in [0.3, 0.4) is 0 Å². The predicted molar refractivity (Wildman–Crippen MR) is 124 cm³/mol. The largest absolute Gasteiger partial charge is 0.493 e. The highest BCUT2D eigenvalue weighted by atomic mass is 19.1. The summed E-state index contributed by atoms with van der Waals surface area (Å²) in [4.78, 5) is 10.6. The summed E-state index contributed by atoms with van der Waals surface area (Å²) in [5, 5.41) is 20.6. The van der Waals surface area contributed by atoms with E-state index in [1.807, 2.05) is 13.0 Å². The van der Waals surface area contributed by atoms with Gasteiger partial charge in [0, 0.05) is 12.1 Å². The highest BCUT2D eigenvalue weighted by molar-refractivity contribution is 5.90. The molecular formula is C26H23FN2O4. The number of aryl methyl sites for hydroxylation is 1. The first kappa shape index (κ1) is 23.5. The van der Waals surface area contributed by atoms with E-state index in [0.29, 0.717) is 34.6 Å². The maximum absolute atomic E-state index is 13.6. The van der Waals surface area contributed by atoms with E-state index in [0.717, 1.165) is 17.5 Å². The molecule has 0 aromatic heterocycles.